The van der Waals surface area contributed by atoms with Crippen LogP contribution in [0.5, 0.6) is 11.5 Å². The Labute approximate surface area is 143 Å². The Morgan fingerprint density at radius 3 is 1.90 bits per heavy atom. The number of phenolic OH excluding ortho intramolecular Hbond substituents is 1. The van der Waals surface area contributed by atoms with E-state index in [0.29, 0.717) is 5.75 Å². The van der Waals surface area contributed by atoms with E-state index in [2.05, 4.69) is 20.8 Å². The van der Waals surface area contributed by atoms with E-state index in [-0.39, 0.29) is 36.0 Å². The van der Waals surface area contributed by atoms with Crippen LogP contribution in [0.4, 0.5) is 3.09 Å². The van der Waals surface area contributed by atoms with Crippen molar-refractivity contribution in [1.82, 2.24) is 0 Å². The number of halogens is 3. The van der Waals surface area contributed by atoms with Crippen molar-refractivity contribution < 1.29 is 32.2 Å². The maximum Gasteiger partial charge on any atom is -0.147 e. The van der Waals surface area contributed by atoms with Crippen molar-refractivity contribution in [3.8, 4) is 11.5 Å². The van der Waals surface area contributed by atoms with Crippen molar-refractivity contribution in [2.24, 2.45) is 0 Å². The SMILES string of the molecule is COc1cc(O)cc(C(C)(C)C)c1.C[C](C)=[Ti][F].Cl.Cl. The third kappa shape index (κ3) is 10.7. The Hall–Kier alpha value is -0.0857. The molecule has 1 N–H and O–H groups in total. The minimum Gasteiger partial charge on any atom is -0.147 e. The van der Waals surface area contributed by atoms with Crippen LogP contribution in [0.2, 0.25) is 0 Å². The first kappa shape index (κ1) is 24.9. The summed E-state index contributed by atoms with van der Waals surface area (Å²) in [6.07, 6.45) is 0. The molecule has 0 bridgehead atoms. The van der Waals surface area contributed by atoms with Crippen molar-refractivity contribution in [3.05, 3.63) is 23.8 Å². The van der Waals surface area contributed by atoms with Crippen LogP contribution in [-0.4, -0.2) is 16.0 Å². The average Bonchev–Trinajstić information content (AvgIpc) is 2.27. The molecular weight excluding hydrogens is 338 g/mol. The normalized spacial score (nSPS) is 8.95. The van der Waals surface area contributed by atoms with Gasteiger partial charge in [-0.15, -0.1) is 24.8 Å². The van der Waals surface area contributed by atoms with Crippen LogP contribution >= 0.6 is 24.8 Å². The number of ether oxygens (including phenoxy) is 1. The zero-order valence-corrected chi connectivity index (χ0v) is 16.0. The number of aromatic hydroxyl groups is 1. The fourth-order valence-corrected chi connectivity index (χ4v) is 1.13. The first-order valence-corrected chi connectivity index (χ1v) is 7.13. The molecule has 0 saturated heterocycles. The predicted octanol–water partition coefficient (Wildman–Crippen LogP) is 4.71. The van der Waals surface area contributed by atoms with Crippen LogP contribution in [0.3, 0.4) is 0 Å². The summed E-state index contributed by atoms with van der Waals surface area (Å²) in [5, 5.41) is 9.41. The largest absolute Gasteiger partial charge is 0.147 e. The maximum atomic E-state index is 11.2. The number of rotatable bonds is 1. The van der Waals surface area contributed by atoms with Crippen LogP contribution in [-0.2, 0) is 24.6 Å². The van der Waals surface area contributed by atoms with Crippen molar-refractivity contribution >= 4 is 28.6 Å². The van der Waals surface area contributed by atoms with Gasteiger partial charge in [0.15, 0.2) is 0 Å². The summed E-state index contributed by atoms with van der Waals surface area (Å²) in [5.74, 6) is 0.953. The molecule has 1 aromatic rings. The summed E-state index contributed by atoms with van der Waals surface area (Å²) < 4.78 is 17.2. The summed E-state index contributed by atoms with van der Waals surface area (Å²) in [5.41, 5.74) is 1.11. The molecule has 6 heteroatoms. The van der Waals surface area contributed by atoms with Gasteiger partial charge in [0.25, 0.3) is 0 Å². The topological polar surface area (TPSA) is 29.5 Å². The van der Waals surface area contributed by atoms with Gasteiger partial charge in [-0.2, -0.15) is 0 Å². The summed E-state index contributed by atoms with van der Waals surface area (Å²) in [4.78, 5) is 0. The number of hydrogen-bond donors (Lipinski definition) is 1. The molecule has 0 atom stereocenters. The van der Waals surface area contributed by atoms with Gasteiger partial charge in [0, 0.05) is 6.07 Å². The van der Waals surface area contributed by atoms with E-state index in [1.54, 1.807) is 19.2 Å². The molecule has 0 unspecified atom stereocenters. The first-order chi connectivity index (χ1) is 8.20. The molecule has 0 aliphatic carbocycles. The van der Waals surface area contributed by atoms with Gasteiger partial charge in [-0.1, -0.05) is 20.8 Å². The van der Waals surface area contributed by atoms with Gasteiger partial charge in [0.1, 0.15) is 11.5 Å². The first-order valence-electron chi connectivity index (χ1n) is 5.76. The third-order valence-corrected chi connectivity index (χ3v) is 2.77. The quantitative estimate of drug-likeness (QED) is 0.734. The molecule has 0 heterocycles. The molecule has 117 valence electrons. The summed E-state index contributed by atoms with van der Waals surface area (Å²) >= 11 is -1.14. The average molecular weight is 362 g/mol. The Morgan fingerprint density at radius 1 is 1.15 bits per heavy atom. The second-order valence-electron chi connectivity index (χ2n) is 5.26. The summed E-state index contributed by atoms with van der Waals surface area (Å²) in [6.45, 7) is 9.93. The second-order valence-corrected chi connectivity index (χ2v) is 7.12. The summed E-state index contributed by atoms with van der Waals surface area (Å²) in [6, 6.07) is 5.32. The second kappa shape index (κ2) is 11.6. The van der Waals surface area contributed by atoms with Gasteiger partial charge < -0.3 is 9.84 Å². The molecule has 0 radical (unpaired) electrons. The van der Waals surface area contributed by atoms with Crippen molar-refractivity contribution in [2.45, 2.75) is 40.0 Å². The molecule has 1 rings (SSSR count). The maximum absolute atomic E-state index is 11.2. The zero-order valence-electron chi connectivity index (χ0n) is 12.8. The fraction of sp³-hybridized carbons (Fsp3) is 0.500. The van der Waals surface area contributed by atoms with E-state index in [1.165, 1.54) is 0 Å². The van der Waals surface area contributed by atoms with Crippen LogP contribution in [0, 0.1) is 0 Å². The van der Waals surface area contributed by atoms with E-state index < -0.39 is 19.2 Å². The van der Waals surface area contributed by atoms with E-state index in [9.17, 15) is 8.20 Å². The molecule has 0 fully saturated rings. The standard InChI is InChI=1S/C11H16O2.C3H6.2ClH.FH.Ti/c1-11(2,3)8-5-9(12)7-10(6-8)13-4;1-3-2;;;;/h5-7,12H,1-4H3;1-2H3;3*1H;/q;;;;;+1/p-1. The molecule has 0 saturated carbocycles. The van der Waals surface area contributed by atoms with E-state index >= 15 is 0 Å². The molecule has 0 aliphatic rings. The van der Waals surface area contributed by atoms with Crippen molar-refractivity contribution in [2.75, 3.05) is 7.11 Å². The Kier molecular flexibility index (Phi) is 14.4. The molecule has 0 spiro atoms. The molecule has 20 heavy (non-hydrogen) atoms. The smallest absolute Gasteiger partial charge is 0.147 e. The fourth-order valence-electron chi connectivity index (χ4n) is 1.13. The third-order valence-electron chi connectivity index (χ3n) is 2.18. The van der Waals surface area contributed by atoms with E-state index in [1.807, 2.05) is 19.9 Å². The monoisotopic (exact) mass is 361 g/mol. The molecule has 0 aliphatic heterocycles. The van der Waals surface area contributed by atoms with Crippen LogP contribution in [0.1, 0.15) is 40.2 Å². The van der Waals surface area contributed by atoms with Gasteiger partial charge in [-0.05, 0) is 23.1 Å². The summed E-state index contributed by atoms with van der Waals surface area (Å²) in [7, 11) is 1.60. The van der Waals surface area contributed by atoms with Crippen LogP contribution < -0.4 is 4.74 Å². The van der Waals surface area contributed by atoms with Gasteiger partial charge in [-0.25, -0.2) is 0 Å². The van der Waals surface area contributed by atoms with Gasteiger partial charge >= 0.3 is 40.0 Å². The Morgan fingerprint density at radius 2 is 1.60 bits per heavy atom. The minimum atomic E-state index is -1.14. The Bertz CT molecular complexity index is 414. The minimum absolute atomic E-state index is 0. The number of benzene rings is 1. The number of methoxy groups -OCH3 is 1. The predicted molar refractivity (Wildman–Crippen MR) is 85.3 cm³/mol. The number of hydrogen-bond acceptors (Lipinski definition) is 2. The van der Waals surface area contributed by atoms with Crippen LogP contribution in [0.25, 0.3) is 0 Å². The molecule has 0 amide bonds. The van der Waals surface area contributed by atoms with Crippen LogP contribution in [0.15, 0.2) is 18.2 Å². The zero-order chi connectivity index (χ0) is 14.3. The van der Waals surface area contributed by atoms with E-state index in [4.69, 9.17) is 4.74 Å². The molecule has 2 nitrogen and oxygen atoms in total. The van der Waals surface area contributed by atoms with Gasteiger partial charge in [0.2, 0.25) is 0 Å². The van der Waals surface area contributed by atoms with Gasteiger partial charge in [-0.3, -0.25) is 0 Å². The molecule has 1 aromatic carbocycles. The van der Waals surface area contributed by atoms with Crippen molar-refractivity contribution in [3.63, 3.8) is 0 Å². The van der Waals surface area contributed by atoms with E-state index in [0.717, 1.165) is 9.37 Å². The molecule has 0 aromatic heterocycles. The van der Waals surface area contributed by atoms with Crippen molar-refractivity contribution in [1.29, 1.82) is 0 Å². The Balaban J connectivity index is -0.000000361. The van der Waals surface area contributed by atoms with Gasteiger partial charge in [0.05, 0.1) is 7.11 Å². The molecular formula is C14H24Cl2FO2Ti. The number of phenols is 1.